The van der Waals surface area contributed by atoms with E-state index in [1.807, 2.05) is 18.2 Å². The van der Waals surface area contributed by atoms with E-state index in [4.69, 9.17) is 9.84 Å². The van der Waals surface area contributed by atoms with Crippen molar-refractivity contribution in [1.29, 1.82) is 0 Å². The molecule has 1 aromatic carbocycles. The summed E-state index contributed by atoms with van der Waals surface area (Å²) in [6, 6.07) is 7.40. The first-order chi connectivity index (χ1) is 10.1. The van der Waals surface area contributed by atoms with Gasteiger partial charge in [0.2, 0.25) is 0 Å². The van der Waals surface area contributed by atoms with Crippen LogP contribution in [0.3, 0.4) is 0 Å². The Balaban J connectivity index is 1.63. The van der Waals surface area contributed by atoms with Gasteiger partial charge in [0.1, 0.15) is 5.92 Å². The van der Waals surface area contributed by atoms with Crippen molar-refractivity contribution < 1.29 is 19.4 Å². The SMILES string of the molecule is O=C(O)C1COCC1NC(=O)N1CCc2ccccc2C1. The summed E-state index contributed by atoms with van der Waals surface area (Å²) in [5.41, 5.74) is 2.42. The number of nitrogens with zero attached hydrogens (tertiary/aromatic N) is 1. The van der Waals surface area contributed by atoms with Gasteiger partial charge in [-0.15, -0.1) is 0 Å². The Morgan fingerprint density at radius 2 is 2.00 bits per heavy atom. The maximum Gasteiger partial charge on any atom is 0.318 e. The Bertz CT molecular complexity index is 560. The Morgan fingerprint density at radius 1 is 1.24 bits per heavy atom. The molecule has 6 heteroatoms. The molecule has 2 aliphatic rings. The van der Waals surface area contributed by atoms with Crippen LogP contribution < -0.4 is 5.32 Å². The highest BCUT2D eigenvalue weighted by atomic mass is 16.5. The van der Waals surface area contributed by atoms with Crippen LogP contribution in [0.2, 0.25) is 0 Å². The van der Waals surface area contributed by atoms with Gasteiger partial charge in [-0.1, -0.05) is 24.3 Å². The van der Waals surface area contributed by atoms with E-state index in [-0.39, 0.29) is 19.2 Å². The van der Waals surface area contributed by atoms with Crippen molar-refractivity contribution in [3.63, 3.8) is 0 Å². The molecule has 0 aromatic heterocycles. The lowest BCUT2D eigenvalue weighted by molar-refractivity contribution is -0.142. The van der Waals surface area contributed by atoms with Gasteiger partial charge < -0.3 is 20.1 Å². The number of hydrogen-bond donors (Lipinski definition) is 2. The fourth-order valence-electron chi connectivity index (χ4n) is 2.86. The summed E-state index contributed by atoms with van der Waals surface area (Å²) in [5, 5.41) is 11.9. The van der Waals surface area contributed by atoms with Crippen molar-refractivity contribution in [3.05, 3.63) is 35.4 Å². The molecule has 0 bridgehead atoms. The zero-order chi connectivity index (χ0) is 14.8. The molecule has 1 saturated heterocycles. The molecule has 0 saturated carbocycles. The third-order valence-corrected chi connectivity index (χ3v) is 4.12. The predicted octanol–water partition coefficient (Wildman–Crippen LogP) is 0.854. The summed E-state index contributed by atoms with van der Waals surface area (Å²) in [7, 11) is 0. The second-order valence-corrected chi connectivity index (χ2v) is 5.48. The van der Waals surface area contributed by atoms with Gasteiger partial charge in [0.25, 0.3) is 0 Å². The molecule has 0 radical (unpaired) electrons. The van der Waals surface area contributed by atoms with Crippen molar-refractivity contribution in [2.75, 3.05) is 19.8 Å². The standard InChI is InChI=1S/C15H18N2O4/c18-14(19)12-8-21-9-13(12)16-15(20)17-6-5-10-3-1-2-4-11(10)7-17/h1-4,12-13H,5-9H2,(H,16,20)(H,18,19). The van der Waals surface area contributed by atoms with E-state index in [0.717, 1.165) is 12.0 Å². The molecule has 1 fully saturated rings. The van der Waals surface area contributed by atoms with Gasteiger partial charge in [0.15, 0.2) is 0 Å². The minimum Gasteiger partial charge on any atom is -0.481 e. The molecule has 6 nitrogen and oxygen atoms in total. The largest absolute Gasteiger partial charge is 0.481 e. The fraction of sp³-hybridized carbons (Fsp3) is 0.467. The highest BCUT2D eigenvalue weighted by Gasteiger charge is 2.36. The lowest BCUT2D eigenvalue weighted by Crippen LogP contribution is -2.50. The van der Waals surface area contributed by atoms with E-state index in [1.54, 1.807) is 4.90 Å². The van der Waals surface area contributed by atoms with Crippen molar-refractivity contribution in [3.8, 4) is 0 Å². The van der Waals surface area contributed by atoms with Crippen molar-refractivity contribution in [2.24, 2.45) is 5.92 Å². The summed E-state index contributed by atoms with van der Waals surface area (Å²) in [6.07, 6.45) is 0.827. The van der Waals surface area contributed by atoms with E-state index in [1.165, 1.54) is 5.56 Å². The van der Waals surface area contributed by atoms with E-state index in [2.05, 4.69) is 11.4 Å². The molecule has 2 N–H and O–H groups in total. The number of aliphatic carboxylic acids is 1. The van der Waals surface area contributed by atoms with Gasteiger partial charge in [0.05, 0.1) is 19.3 Å². The lowest BCUT2D eigenvalue weighted by atomic mass is 10.00. The number of carbonyl (C=O) groups excluding carboxylic acids is 1. The van der Waals surface area contributed by atoms with Crippen molar-refractivity contribution in [2.45, 2.75) is 19.0 Å². The first kappa shape index (κ1) is 13.9. The average Bonchev–Trinajstić information content (AvgIpc) is 2.95. The number of urea groups is 1. The number of carboxylic acids is 1. The number of hydrogen-bond acceptors (Lipinski definition) is 3. The number of carbonyl (C=O) groups is 2. The van der Waals surface area contributed by atoms with Crippen LogP contribution in [-0.2, 0) is 22.5 Å². The normalized spacial score (nSPS) is 24.5. The van der Waals surface area contributed by atoms with E-state index in [9.17, 15) is 9.59 Å². The predicted molar refractivity (Wildman–Crippen MR) is 74.8 cm³/mol. The molecule has 2 atom stereocenters. The van der Waals surface area contributed by atoms with Gasteiger partial charge in [-0.25, -0.2) is 4.79 Å². The number of ether oxygens (including phenoxy) is 1. The second kappa shape index (κ2) is 5.73. The zero-order valence-electron chi connectivity index (χ0n) is 11.6. The minimum atomic E-state index is -0.929. The molecule has 2 aliphatic heterocycles. The maximum absolute atomic E-state index is 12.3. The van der Waals surface area contributed by atoms with E-state index >= 15 is 0 Å². The third-order valence-electron chi connectivity index (χ3n) is 4.12. The average molecular weight is 290 g/mol. The number of rotatable bonds is 2. The van der Waals surface area contributed by atoms with Crippen LogP contribution >= 0.6 is 0 Å². The van der Waals surface area contributed by atoms with Crippen LogP contribution in [0, 0.1) is 5.92 Å². The van der Waals surface area contributed by atoms with Gasteiger partial charge in [-0.05, 0) is 17.5 Å². The van der Waals surface area contributed by atoms with Crippen molar-refractivity contribution >= 4 is 12.0 Å². The Kier molecular flexibility index (Phi) is 3.79. The highest BCUT2D eigenvalue weighted by Crippen LogP contribution is 2.19. The second-order valence-electron chi connectivity index (χ2n) is 5.48. The van der Waals surface area contributed by atoms with Gasteiger partial charge in [-0.2, -0.15) is 0 Å². The van der Waals surface area contributed by atoms with Crippen LogP contribution in [0.1, 0.15) is 11.1 Å². The maximum atomic E-state index is 12.3. The third kappa shape index (κ3) is 2.85. The molecular weight excluding hydrogens is 272 g/mol. The van der Waals surface area contributed by atoms with Crippen LogP contribution in [0.4, 0.5) is 4.79 Å². The first-order valence-electron chi connectivity index (χ1n) is 7.08. The van der Waals surface area contributed by atoms with Crippen LogP contribution in [0.5, 0.6) is 0 Å². The molecule has 2 amide bonds. The summed E-state index contributed by atoms with van der Waals surface area (Å²) >= 11 is 0. The molecule has 2 heterocycles. The van der Waals surface area contributed by atoms with E-state index < -0.39 is 17.9 Å². The smallest absolute Gasteiger partial charge is 0.318 e. The molecule has 112 valence electrons. The van der Waals surface area contributed by atoms with Crippen molar-refractivity contribution in [1.82, 2.24) is 10.2 Å². The summed E-state index contributed by atoms with van der Waals surface area (Å²) in [5.74, 6) is -1.59. The molecule has 3 rings (SSSR count). The topological polar surface area (TPSA) is 78.9 Å². The molecule has 2 unspecified atom stereocenters. The molecule has 0 aliphatic carbocycles. The Hall–Kier alpha value is -2.08. The quantitative estimate of drug-likeness (QED) is 0.846. The zero-order valence-corrected chi connectivity index (χ0v) is 11.6. The lowest BCUT2D eigenvalue weighted by Gasteiger charge is -2.30. The number of benzene rings is 1. The number of carboxylic acid groups (broad SMARTS) is 1. The summed E-state index contributed by atoms with van der Waals surface area (Å²) in [6.45, 7) is 1.62. The number of amides is 2. The summed E-state index contributed by atoms with van der Waals surface area (Å²) < 4.78 is 5.16. The van der Waals surface area contributed by atoms with Crippen LogP contribution in [0.25, 0.3) is 0 Å². The van der Waals surface area contributed by atoms with Crippen LogP contribution in [0.15, 0.2) is 24.3 Å². The fourth-order valence-corrected chi connectivity index (χ4v) is 2.86. The van der Waals surface area contributed by atoms with E-state index in [0.29, 0.717) is 13.1 Å². The Labute approximate surface area is 122 Å². The highest BCUT2D eigenvalue weighted by molar-refractivity contribution is 5.77. The van der Waals surface area contributed by atoms with Crippen LogP contribution in [-0.4, -0.2) is 47.8 Å². The number of fused-ring (bicyclic) bond motifs is 1. The molecule has 1 aromatic rings. The molecular formula is C15H18N2O4. The molecule has 0 spiro atoms. The Morgan fingerprint density at radius 3 is 2.76 bits per heavy atom. The van der Waals surface area contributed by atoms with Gasteiger partial charge in [0, 0.05) is 13.1 Å². The van der Waals surface area contributed by atoms with Gasteiger partial charge >= 0.3 is 12.0 Å². The monoisotopic (exact) mass is 290 g/mol. The number of nitrogens with one attached hydrogen (secondary N) is 1. The summed E-state index contributed by atoms with van der Waals surface area (Å²) in [4.78, 5) is 25.1. The first-order valence-corrected chi connectivity index (χ1v) is 7.08. The molecule has 21 heavy (non-hydrogen) atoms. The van der Waals surface area contributed by atoms with Gasteiger partial charge in [-0.3, -0.25) is 4.79 Å². The minimum absolute atomic E-state index is 0.156.